The van der Waals surface area contributed by atoms with E-state index in [2.05, 4.69) is 21.2 Å². The van der Waals surface area contributed by atoms with Crippen molar-refractivity contribution in [1.29, 1.82) is 0 Å². The first kappa shape index (κ1) is 19.0. The summed E-state index contributed by atoms with van der Waals surface area (Å²) < 4.78 is 11.1. The highest BCUT2D eigenvalue weighted by atomic mass is 79.9. The fourth-order valence-electron chi connectivity index (χ4n) is 2.24. The van der Waals surface area contributed by atoms with Gasteiger partial charge in [-0.3, -0.25) is 4.79 Å². The number of benzene rings is 2. The summed E-state index contributed by atoms with van der Waals surface area (Å²) in [6.07, 6.45) is -0.545. The van der Waals surface area contributed by atoms with Gasteiger partial charge in [0.15, 0.2) is 0 Å². The molecule has 0 saturated heterocycles. The fourth-order valence-corrected chi connectivity index (χ4v) is 2.51. The average molecular weight is 406 g/mol. The van der Waals surface area contributed by atoms with Crippen LogP contribution in [0.15, 0.2) is 59.1 Å². The van der Waals surface area contributed by atoms with E-state index in [1.807, 2.05) is 54.6 Å². The molecule has 0 bridgehead atoms. The molecule has 132 valence electrons. The molecule has 0 fully saturated rings. The van der Waals surface area contributed by atoms with Gasteiger partial charge in [0.25, 0.3) is 0 Å². The highest BCUT2D eigenvalue weighted by Crippen LogP contribution is 2.20. The summed E-state index contributed by atoms with van der Waals surface area (Å²) in [5.41, 5.74) is 1.69. The number of ether oxygens (including phenoxy) is 2. The van der Waals surface area contributed by atoms with E-state index >= 15 is 0 Å². The lowest BCUT2D eigenvalue weighted by molar-refractivity contribution is -0.143. The van der Waals surface area contributed by atoms with Gasteiger partial charge in [0.2, 0.25) is 0 Å². The Bertz CT molecular complexity index is 688. The number of halogens is 1. The van der Waals surface area contributed by atoms with Gasteiger partial charge in [0.1, 0.15) is 6.61 Å². The summed E-state index contributed by atoms with van der Waals surface area (Å²) in [4.78, 5) is 23.9. The highest BCUT2D eigenvalue weighted by molar-refractivity contribution is 9.10. The van der Waals surface area contributed by atoms with Gasteiger partial charge in [-0.2, -0.15) is 0 Å². The number of carbonyl (C=O) groups is 2. The summed E-state index contributed by atoms with van der Waals surface area (Å²) in [6.45, 7) is 2.21. The molecule has 0 aliphatic rings. The number of nitrogens with one attached hydrogen (secondary N) is 1. The molecule has 5 nitrogen and oxygen atoms in total. The molecule has 0 heterocycles. The highest BCUT2D eigenvalue weighted by Gasteiger charge is 2.20. The Morgan fingerprint density at radius 1 is 1.04 bits per heavy atom. The molecule has 2 rings (SSSR count). The Labute approximate surface area is 155 Å². The van der Waals surface area contributed by atoms with Crippen LogP contribution in [-0.2, 0) is 20.9 Å². The molecule has 6 heteroatoms. The van der Waals surface area contributed by atoms with Crippen molar-refractivity contribution in [1.82, 2.24) is 5.32 Å². The second-order valence-electron chi connectivity index (χ2n) is 5.32. The van der Waals surface area contributed by atoms with Crippen LogP contribution in [0.4, 0.5) is 4.79 Å². The van der Waals surface area contributed by atoms with Crippen LogP contribution in [0.1, 0.15) is 30.5 Å². The molecular weight excluding hydrogens is 386 g/mol. The zero-order valence-corrected chi connectivity index (χ0v) is 15.5. The standard InChI is InChI=1S/C19H20BrNO4/c1-2-24-18(22)12-17(15-8-10-16(20)11-9-15)21-19(23)25-13-14-6-4-3-5-7-14/h3-11,17H,2,12-13H2,1H3,(H,21,23). The number of hydrogen-bond donors (Lipinski definition) is 1. The molecule has 2 aromatic rings. The van der Waals surface area contributed by atoms with E-state index in [0.29, 0.717) is 6.61 Å². The number of amides is 1. The number of hydrogen-bond acceptors (Lipinski definition) is 4. The first-order valence-corrected chi connectivity index (χ1v) is 8.76. The molecule has 1 amide bonds. The minimum atomic E-state index is -0.582. The van der Waals surface area contributed by atoms with Gasteiger partial charge in [-0.05, 0) is 30.2 Å². The summed E-state index contributed by atoms with van der Waals surface area (Å²) in [7, 11) is 0. The Balaban J connectivity index is 2.00. The second-order valence-corrected chi connectivity index (χ2v) is 6.24. The minimum absolute atomic E-state index is 0.0376. The fraction of sp³-hybridized carbons (Fsp3) is 0.263. The van der Waals surface area contributed by atoms with Crippen molar-refractivity contribution >= 4 is 28.0 Å². The Morgan fingerprint density at radius 2 is 1.72 bits per heavy atom. The monoisotopic (exact) mass is 405 g/mol. The molecule has 0 aliphatic heterocycles. The van der Waals surface area contributed by atoms with Crippen LogP contribution in [-0.4, -0.2) is 18.7 Å². The van der Waals surface area contributed by atoms with Crippen molar-refractivity contribution in [3.8, 4) is 0 Å². The normalized spacial score (nSPS) is 11.4. The van der Waals surface area contributed by atoms with Crippen LogP contribution < -0.4 is 5.32 Å². The van der Waals surface area contributed by atoms with Gasteiger partial charge >= 0.3 is 12.1 Å². The largest absolute Gasteiger partial charge is 0.466 e. The van der Waals surface area contributed by atoms with Crippen molar-refractivity contribution in [2.45, 2.75) is 26.0 Å². The first-order valence-electron chi connectivity index (χ1n) is 7.96. The topological polar surface area (TPSA) is 64.6 Å². The summed E-state index contributed by atoms with van der Waals surface area (Å²) in [6, 6.07) is 16.3. The Hall–Kier alpha value is -2.34. The van der Waals surface area contributed by atoms with Gasteiger partial charge in [-0.25, -0.2) is 4.79 Å². The van der Waals surface area contributed by atoms with E-state index in [-0.39, 0.29) is 19.0 Å². The maximum Gasteiger partial charge on any atom is 0.407 e. The summed E-state index contributed by atoms with van der Waals surface area (Å²) in [5, 5.41) is 2.74. The quantitative estimate of drug-likeness (QED) is 0.694. The van der Waals surface area contributed by atoms with E-state index in [0.717, 1.165) is 15.6 Å². The number of carbonyl (C=O) groups excluding carboxylic acids is 2. The van der Waals surface area contributed by atoms with Crippen LogP contribution >= 0.6 is 15.9 Å². The zero-order chi connectivity index (χ0) is 18.1. The lowest BCUT2D eigenvalue weighted by atomic mass is 10.0. The molecule has 2 aromatic carbocycles. The lowest BCUT2D eigenvalue weighted by Gasteiger charge is -2.18. The van der Waals surface area contributed by atoms with Gasteiger partial charge in [-0.1, -0.05) is 58.4 Å². The molecule has 1 atom stereocenters. The third-order valence-electron chi connectivity index (χ3n) is 3.45. The van der Waals surface area contributed by atoms with Gasteiger partial charge in [0.05, 0.1) is 19.1 Å². The molecule has 1 unspecified atom stereocenters. The molecule has 0 saturated carbocycles. The van der Waals surface area contributed by atoms with E-state index in [9.17, 15) is 9.59 Å². The first-order chi connectivity index (χ1) is 12.1. The minimum Gasteiger partial charge on any atom is -0.466 e. The number of esters is 1. The predicted octanol–water partition coefficient (Wildman–Crippen LogP) is 4.37. The van der Waals surface area contributed by atoms with Gasteiger partial charge in [0, 0.05) is 4.47 Å². The Morgan fingerprint density at radius 3 is 2.36 bits per heavy atom. The van der Waals surface area contributed by atoms with Crippen LogP contribution in [0.2, 0.25) is 0 Å². The van der Waals surface area contributed by atoms with Crippen LogP contribution in [0.3, 0.4) is 0 Å². The van der Waals surface area contributed by atoms with E-state index in [4.69, 9.17) is 9.47 Å². The van der Waals surface area contributed by atoms with Crippen molar-refractivity contribution in [3.05, 3.63) is 70.2 Å². The predicted molar refractivity (Wildman–Crippen MR) is 97.9 cm³/mol. The molecule has 0 aromatic heterocycles. The summed E-state index contributed by atoms with van der Waals surface area (Å²) in [5.74, 6) is -0.376. The Kier molecular flexibility index (Phi) is 7.47. The molecule has 1 N–H and O–H groups in total. The van der Waals surface area contributed by atoms with Crippen LogP contribution in [0.5, 0.6) is 0 Å². The third kappa shape index (κ3) is 6.58. The lowest BCUT2D eigenvalue weighted by Crippen LogP contribution is -2.31. The molecule has 0 spiro atoms. The van der Waals surface area contributed by atoms with E-state index in [1.54, 1.807) is 6.92 Å². The van der Waals surface area contributed by atoms with Crippen LogP contribution in [0.25, 0.3) is 0 Å². The van der Waals surface area contributed by atoms with E-state index < -0.39 is 12.1 Å². The van der Waals surface area contributed by atoms with Crippen molar-refractivity contribution in [2.24, 2.45) is 0 Å². The zero-order valence-electron chi connectivity index (χ0n) is 13.9. The third-order valence-corrected chi connectivity index (χ3v) is 3.98. The maximum absolute atomic E-state index is 12.1. The van der Waals surface area contributed by atoms with Gasteiger partial charge < -0.3 is 14.8 Å². The maximum atomic E-state index is 12.1. The number of rotatable bonds is 7. The second kappa shape index (κ2) is 9.84. The summed E-state index contributed by atoms with van der Waals surface area (Å²) >= 11 is 3.37. The SMILES string of the molecule is CCOC(=O)CC(NC(=O)OCc1ccccc1)c1ccc(Br)cc1. The molecule has 0 aliphatic carbocycles. The van der Waals surface area contributed by atoms with Crippen LogP contribution in [0, 0.1) is 0 Å². The smallest absolute Gasteiger partial charge is 0.407 e. The molecular formula is C19H20BrNO4. The van der Waals surface area contributed by atoms with Crippen molar-refractivity contribution < 1.29 is 19.1 Å². The molecule has 25 heavy (non-hydrogen) atoms. The van der Waals surface area contributed by atoms with Crippen molar-refractivity contribution in [3.63, 3.8) is 0 Å². The average Bonchev–Trinajstić information content (AvgIpc) is 2.61. The van der Waals surface area contributed by atoms with Crippen molar-refractivity contribution in [2.75, 3.05) is 6.61 Å². The number of alkyl carbamates (subject to hydrolysis) is 1. The van der Waals surface area contributed by atoms with Gasteiger partial charge in [-0.15, -0.1) is 0 Å². The van der Waals surface area contributed by atoms with E-state index in [1.165, 1.54) is 0 Å². The molecule has 0 radical (unpaired) electrons.